The first kappa shape index (κ1) is 26.8. The molecule has 1 saturated carbocycles. The van der Waals surface area contributed by atoms with Crippen LogP contribution in [0.3, 0.4) is 0 Å². The smallest absolute Gasteiger partial charge is 0.266 e. The maximum atomic E-state index is 14.7. The van der Waals surface area contributed by atoms with Gasteiger partial charge in [-0.15, -0.1) is 0 Å². The number of aromatic nitrogens is 2. The molecule has 1 fully saturated rings. The zero-order chi connectivity index (χ0) is 26.0. The number of anilines is 1. The van der Waals surface area contributed by atoms with Crippen molar-refractivity contribution in [3.8, 4) is 0 Å². The molecule has 2 aliphatic carbocycles. The standard InChI is InChI=1S/C27H32ClF4N3O/c1-15(18-4-3-5-19(23(18)30)24(31)32)33-25-20-12-17(13-21(20)34-26(28)35-25)6-7-22(36)27(2)10-8-16(14-27)9-11-29/h3-5,15-17,24H,6-14H2,1-2H3,(H,33,34,35)/t15-,16?,17?,27?/m1/s1. The molecule has 1 aromatic carbocycles. The van der Waals surface area contributed by atoms with E-state index in [4.69, 9.17) is 11.6 Å². The van der Waals surface area contributed by atoms with E-state index in [1.54, 1.807) is 6.92 Å². The Morgan fingerprint density at radius 2 is 1.94 bits per heavy atom. The molecule has 0 bridgehead atoms. The van der Waals surface area contributed by atoms with Gasteiger partial charge >= 0.3 is 0 Å². The van der Waals surface area contributed by atoms with Crippen LogP contribution in [0.15, 0.2) is 18.2 Å². The van der Waals surface area contributed by atoms with Crippen molar-refractivity contribution in [1.82, 2.24) is 9.97 Å². The van der Waals surface area contributed by atoms with Crippen molar-refractivity contribution in [2.75, 3.05) is 12.0 Å². The van der Waals surface area contributed by atoms with Gasteiger partial charge in [-0.25, -0.2) is 23.1 Å². The molecule has 1 N–H and O–H groups in total. The van der Waals surface area contributed by atoms with Crippen LogP contribution in [0.1, 0.15) is 87.2 Å². The van der Waals surface area contributed by atoms with E-state index in [-0.39, 0.29) is 34.6 Å². The zero-order valence-corrected chi connectivity index (χ0v) is 21.4. The lowest BCUT2D eigenvalue weighted by molar-refractivity contribution is -0.128. The molecule has 2 aromatic rings. The molecular weight excluding hydrogens is 494 g/mol. The Bertz CT molecular complexity index is 1110. The van der Waals surface area contributed by atoms with Gasteiger partial charge in [-0.1, -0.05) is 25.1 Å². The van der Waals surface area contributed by atoms with Crippen molar-refractivity contribution in [3.63, 3.8) is 0 Å². The van der Waals surface area contributed by atoms with E-state index in [9.17, 15) is 22.4 Å². The van der Waals surface area contributed by atoms with Gasteiger partial charge in [0.15, 0.2) is 0 Å². The molecule has 4 atom stereocenters. The topological polar surface area (TPSA) is 54.9 Å². The number of halogens is 5. The monoisotopic (exact) mass is 525 g/mol. The van der Waals surface area contributed by atoms with Crippen molar-refractivity contribution >= 4 is 23.2 Å². The number of alkyl halides is 3. The van der Waals surface area contributed by atoms with E-state index in [1.165, 1.54) is 12.1 Å². The fourth-order valence-corrected chi connectivity index (χ4v) is 6.04. The molecule has 0 spiro atoms. The Labute approximate surface area is 214 Å². The minimum atomic E-state index is -2.90. The number of carbonyl (C=O) groups excluding carboxylic acids is 1. The lowest BCUT2D eigenvalue weighted by Crippen LogP contribution is -2.25. The van der Waals surface area contributed by atoms with Gasteiger partial charge < -0.3 is 5.32 Å². The molecule has 9 heteroatoms. The summed E-state index contributed by atoms with van der Waals surface area (Å²) in [4.78, 5) is 21.7. The molecule has 196 valence electrons. The Balaban J connectivity index is 1.42. The summed E-state index contributed by atoms with van der Waals surface area (Å²) in [6.45, 7) is 3.35. The number of Topliss-reactive ketones (excluding diaryl/α,β-unsaturated/α-hetero) is 1. The molecule has 0 aliphatic heterocycles. The van der Waals surface area contributed by atoms with Crippen LogP contribution in [0.4, 0.5) is 23.4 Å². The van der Waals surface area contributed by atoms with E-state index in [0.717, 1.165) is 36.6 Å². The summed E-state index contributed by atoms with van der Waals surface area (Å²) in [6, 6.07) is 3.33. The fourth-order valence-electron chi connectivity index (χ4n) is 5.85. The number of nitrogens with one attached hydrogen (secondary N) is 1. The van der Waals surface area contributed by atoms with E-state index < -0.39 is 23.8 Å². The van der Waals surface area contributed by atoms with Crippen LogP contribution in [0, 0.1) is 23.1 Å². The van der Waals surface area contributed by atoms with Crippen LogP contribution in [0.5, 0.6) is 0 Å². The molecule has 0 radical (unpaired) electrons. The highest BCUT2D eigenvalue weighted by atomic mass is 35.5. The quantitative estimate of drug-likeness (QED) is 0.256. The summed E-state index contributed by atoms with van der Waals surface area (Å²) in [5.41, 5.74) is 0.771. The van der Waals surface area contributed by atoms with Gasteiger partial charge in [0, 0.05) is 23.0 Å². The molecule has 1 heterocycles. The predicted octanol–water partition coefficient (Wildman–Crippen LogP) is 7.61. The third-order valence-electron chi connectivity index (χ3n) is 7.97. The average molecular weight is 526 g/mol. The van der Waals surface area contributed by atoms with Gasteiger partial charge in [-0.2, -0.15) is 0 Å². The SMILES string of the molecule is C[C@@H](Nc1nc(Cl)nc2c1CC(CCC(=O)C1(C)CCC(CCF)C1)C2)c1cccc(C(F)F)c1F. The number of rotatable bonds is 10. The number of fused-ring (bicyclic) bond motifs is 1. The molecular formula is C27H32ClF4N3O. The van der Waals surface area contributed by atoms with Crippen molar-refractivity contribution in [2.45, 2.75) is 77.7 Å². The van der Waals surface area contributed by atoms with Gasteiger partial charge in [0.05, 0.1) is 24.0 Å². The summed E-state index contributed by atoms with van der Waals surface area (Å²) in [5, 5.41) is 3.20. The highest BCUT2D eigenvalue weighted by molar-refractivity contribution is 6.28. The molecule has 4 rings (SSSR count). The first-order chi connectivity index (χ1) is 17.1. The molecule has 3 unspecified atom stereocenters. The Morgan fingerprint density at radius 3 is 2.67 bits per heavy atom. The minimum absolute atomic E-state index is 0.0550. The Morgan fingerprint density at radius 1 is 1.19 bits per heavy atom. The third kappa shape index (κ3) is 5.68. The van der Waals surface area contributed by atoms with Crippen LogP contribution in [0.25, 0.3) is 0 Å². The van der Waals surface area contributed by atoms with E-state index in [0.29, 0.717) is 43.8 Å². The average Bonchev–Trinajstić information content (AvgIpc) is 3.41. The fraction of sp³-hybridized carbons (Fsp3) is 0.593. The number of hydrogen-bond acceptors (Lipinski definition) is 4. The second kappa shape index (κ2) is 11.0. The van der Waals surface area contributed by atoms with Gasteiger partial charge in [0.1, 0.15) is 17.4 Å². The molecule has 0 saturated heterocycles. The molecule has 36 heavy (non-hydrogen) atoms. The molecule has 2 aliphatic rings. The molecule has 0 amide bonds. The zero-order valence-electron chi connectivity index (χ0n) is 20.6. The van der Waals surface area contributed by atoms with Crippen molar-refractivity contribution < 1.29 is 22.4 Å². The van der Waals surface area contributed by atoms with Gasteiger partial charge in [-0.3, -0.25) is 9.18 Å². The van der Waals surface area contributed by atoms with Gasteiger partial charge in [-0.05, 0) is 75.3 Å². The summed E-state index contributed by atoms with van der Waals surface area (Å²) in [7, 11) is 0. The summed E-state index contributed by atoms with van der Waals surface area (Å²) < 4.78 is 53.7. The van der Waals surface area contributed by atoms with E-state index in [1.807, 2.05) is 6.92 Å². The lowest BCUT2D eigenvalue weighted by Gasteiger charge is -2.23. The predicted molar refractivity (Wildman–Crippen MR) is 132 cm³/mol. The van der Waals surface area contributed by atoms with Crippen molar-refractivity contribution in [1.29, 1.82) is 0 Å². The van der Waals surface area contributed by atoms with Crippen molar-refractivity contribution in [2.24, 2.45) is 17.3 Å². The summed E-state index contributed by atoms with van der Waals surface area (Å²) >= 11 is 6.16. The number of ketones is 1. The van der Waals surface area contributed by atoms with E-state index in [2.05, 4.69) is 15.3 Å². The van der Waals surface area contributed by atoms with Crippen LogP contribution in [-0.2, 0) is 17.6 Å². The molecule has 1 aromatic heterocycles. The molecule has 4 nitrogen and oxygen atoms in total. The van der Waals surface area contributed by atoms with E-state index >= 15 is 0 Å². The normalized spacial score (nSPS) is 24.2. The van der Waals surface area contributed by atoms with Crippen LogP contribution in [-0.4, -0.2) is 22.4 Å². The number of nitrogens with zero attached hydrogens (tertiary/aromatic N) is 2. The Kier molecular flexibility index (Phi) is 8.22. The minimum Gasteiger partial charge on any atom is -0.363 e. The highest BCUT2D eigenvalue weighted by Gasteiger charge is 2.40. The Hall–Kier alpha value is -2.22. The summed E-state index contributed by atoms with van der Waals surface area (Å²) in [6.07, 6.45) is 2.59. The van der Waals surface area contributed by atoms with Crippen LogP contribution >= 0.6 is 11.6 Å². The first-order valence-corrected chi connectivity index (χ1v) is 13.0. The first-order valence-electron chi connectivity index (χ1n) is 12.6. The van der Waals surface area contributed by atoms with Crippen LogP contribution < -0.4 is 5.32 Å². The lowest BCUT2D eigenvalue weighted by atomic mass is 9.80. The number of benzene rings is 1. The largest absolute Gasteiger partial charge is 0.363 e. The maximum absolute atomic E-state index is 14.7. The second-order valence-electron chi connectivity index (χ2n) is 10.6. The maximum Gasteiger partial charge on any atom is 0.266 e. The van der Waals surface area contributed by atoms with Crippen LogP contribution in [0.2, 0.25) is 5.28 Å². The second-order valence-corrected chi connectivity index (χ2v) is 10.9. The summed E-state index contributed by atoms with van der Waals surface area (Å²) in [5.74, 6) is 0.252. The highest BCUT2D eigenvalue weighted by Crippen LogP contribution is 2.45. The third-order valence-corrected chi connectivity index (χ3v) is 8.14. The van der Waals surface area contributed by atoms with Crippen molar-refractivity contribution in [3.05, 3.63) is 51.7 Å². The van der Waals surface area contributed by atoms with Gasteiger partial charge in [0.25, 0.3) is 6.43 Å². The van der Waals surface area contributed by atoms with Gasteiger partial charge in [0.2, 0.25) is 5.28 Å². The number of carbonyl (C=O) groups is 1. The number of hydrogen-bond donors (Lipinski definition) is 1.